The summed E-state index contributed by atoms with van der Waals surface area (Å²) >= 11 is 0. The highest BCUT2D eigenvalue weighted by atomic mass is 19.1. The minimum absolute atomic E-state index is 0.0518. The smallest absolute Gasteiger partial charge is 0.308 e. The van der Waals surface area contributed by atoms with Crippen molar-refractivity contribution in [2.45, 2.75) is 57.8 Å². The Kier molecular flexibility index (Phi) is 6.13. The second kappa shape index (κ2) is 8.98. The average Bonchev–Trinajstić information content (AvgIpc) is 3.12. The molecule has 1 fully saturated rings. The van der Waals surface area contributed by atoms with Crippen molar-refractivity contribution >= 4 is 5.97 Å². The molecule has 1 aromatic carbocycles. The van der Waals surface area contributed by atoms with E-state index in [1.165, 1.54) is 18.5 Å². The molecule has 2 unspecified atom stereocenters. The highest BCUT2D eigenvalue weighted by Gasteiger charge is 2.28. The molecule has 0 saturated carbocycles. The zero-order valence-electron chi connectivity index (χ0n) is 17.7. The molecule has 0 spiro atoms. The molecular formula is C24H26FN3O3. The third kappa shape index (κ3) is 4.66. The molecule has 4 rings (SSSR count). The SMILES string of the molecule is CC(C)c1cc(-c2cncnc2)c(-c2ccc(F)cc2)n1CCC1CC(O)CC(=O)O1. The number of cyclic esters (lactones) is 1. The van der Waals surface area contributed by atoms with E-state index in [0.29, 0.717) is 19.4 Å². The molecule has 1 aliphatic rings. The fraction of sp³-hybridized carbons (Fsp3) is 0.375. The van der Waals surface area contributed by atoms with Gasteiger partial charge in [0.1, 0.15) is 18.2 Å². The number of aliphatic hydroxyl groups excluding tert-OH is 1. The van der Waals surface area contributed by atoms with Crippen LogP contribution < -0.4 is 0 Å². The molecule has 162 valence electrons. The number of hydrogen-bond acceptors (Lipinski definition) is 5. The fourth-order valence-corrected chi connectivity index (χ4v) is 4.18. The lowest BCUT2D eigenvalue weighted by molar-refractivity contribution is -0.160. The first-order valence-corrected chi connectivity index (χ1v) is 10.5. The molecule has 6 nitrogen and oxygen atoms in total. The Balaban J connectivity index is 1.77. The van der Waals surface area contributed by atoms with Crippen molar-refractivity contribution in [3.63, 3.8) is 0 Å². The van der Waals surface area contributed by atoms with Gasteiger partial charge < -0.3 is 14.4 Å². The van der Waals surface area contributed by atoms with Gasteiger partial charge in [0.05, 0.1) is 18.2 Å². The van der Waals surface area contributed by atoms with Crippen LogP contribution in [-0.4, -0.2) is 37.8 Å². The molecule has 3 heterocycles. The van der Waals surface area contributed by atoms with Crippen LogP contribution in [-0.2, 0) is 16.1 Å². The van der Waals surface area contributed by atoms with Gasteiger partial charge in [-0.25, -0.2) is 14.4 Å². The van der Waals surface area contributed by atoms with Crippen LogP contribution >= 0.6 is 0 Å². The van der Waals surface area contributed by atoms with E-state index in [-0.39, 0.29) is 30.2 Å². The molecule has 0 bridgehead atoms. The Morgan fingerprint density at radius 3 is 2.55 bits per heavy atom. The van der Waals surface area contributed by atoms with Gasteiger partial charge in [0.15, 0.2) is 0 Å². The molecule has 1 aliphatic heterocycles. The summed E-state index contributed by atoms with van der Waals surface area (Å²) in [5.74, 6) is -0.420. The maximum Gasteiger partial charge on any atom is 0.308 e. The van der Waals surface area contributed by atoms with Crippen molar-refractivity contribution in [1.29, 1.82) is 0 Å². The molecule has 0 amide bonds. The summed E-state index contributed by atoms with van der Waals surface area (Å²) in [4.78, 5) is 20.1. The third-order valence-corrected chi connectivity index (χ3v) is 5.62. The quantitative estimate of drug-likeness (QED) is 0.597. The fourth-order valence-electron chi connectivity index (χ4n) is 4.18. The normalized spacial score (nSPS) is 18.9. The van der Waals surface area contributed by atoms with E-state index in [4.69, 9.17) is 4.74 Å². The molecule has 7 heteroatoms. The molecule has 0 aliphatic carbocycles. The zero-order valence-corrected chi connectivity index (χ0v) is 17.7. The molecule has 1 N–H and O–H groups in total. The van der Waals surface area contributed by atoms with E-state index < -0.39 is 6.10 Å². The number of nitrogens with zero attached hydrogens (tertiary/aromatic N) is 3. The number of carbonyl (C=O) groups is 1. The molecule has 1 saturated heterocycles. The molecule has 31 heavy (non-hydrogen) atoms. The van der Waals surface area contributed by atoms with Gasteiger partial charge in [-0.15, -0.1) is 0 Å². The summed E-state index contributed by atoms with van der Waals surface area (Å²) < 4.78 is 21.3. The molecular weight excluding hydrogens is 397 g/mol. The Labute approximate surface area is 180 Å². The van der Waals surface area contributed by atoms with E-state index >= 15 is 0 Å². The third-order valence-electron chi connectivity index (χ3n) is 5.62. The van der Waals surface area contributed by atoms with Gasteiger partial charge in [-0.3, -0.25) is 4.79 Å². The Morgan fingerprint density at radius 2 is 1.90 bits per heavy atom. The van der Waals surface area contributed by atoms with Gasteiger partial charge in [-0.2, -0.15) is 0 Å². The van der Waals surface area contributed by atoms with Crippen LogP contribution in [0, 0.1) is 5.82 Å². The number of benzene rings is 1. The molecule has 0 radical (unpaired) electrons. The van der Waals surface area contributed by atoms with Crippen LogP contribution in [0.15, 0.2) is 49.1 Å². The maximum absolute atomic E-state index is 13.6. The van der Waals surface area contributed by atoms with Crippen molar-refractivity contribution in [2.24, 2.45) is 0 Å². The summed E-state index contributed by atoms with van der Waals surface area (Å²) in [7, 11) is 0. The van der Waals surface area contributed by atoms with Crippen LogP contribution in [0.1, 0.15) is 44.7 Å². The summed E-state index contributed by atoms with van der Waals surface area (Å²) in [5.41, 5.74) is 4.79. The van der Waals surface area contributed by atoms with Crippen molar-refractivity contribution in [3.8, 4) is 22.4 Å². The lowest BCUT2D eigenvalue weighted by atomic mass is 10.0. The predicted molar refractivity (Wildman–Crippen MR) is 115 cm³/mol. The standard InChI is InChI=1S/C24H26FN3O3/c1-15(2)22-11-21(17-12-26-14-27-13-17)24(16-3-5-18(25)6-4-16)28(22)8-7-20-9-19(29)10-23(30)31-20/h3-6,11-15,19-20,29H,7-10H2,1-2H3. The lowest BCUT2D eigenvalue weighted by Gasteiger charge is -2.27. The average molecular weight is 423 g/mol. The first kappa shape index (κ1) is 21.2. The Morgan fingerprint density at radius 1 is 1.19 bits per heavy atom. The largest absolute Gasteiger partial charge is 0.462 e. The van der Waals surface area contributed by atoms with Gasteiger partial charge in [-0.1, -0.05) is 13.8 Å². The minimum Gasteiger partial charge on any atom is -0.462 e. The van der Waals surface area contributed by atoms with Crippen LogP contribution in [0.4, 0.5) is 4.39 Å². The van der Waals surface area contributed by atoms with Crippen LogP contribution in [0.2, 0.25) is 0 Å². The number of esters is 1. The minimum atomic E-state index is -0.658. The second-order valence-corrected chi connectivity index (χ2v) is 8.27. The van der Waals surface area contributed by atoms with E-state index in [1.54, 1.807) is 24.5 Å². The molecule has 2 atom stereocenters. The summed E-state index contributed by atoms with van der Waals surface area (Å²) in [6.07, 6.45) is 5.11. The summed E-state index contributed by atoms with van der Waals surface area (Å²) in [5, 5.41) is 9.94. The summed E-state index contributed by atoms with van der Waals surface area (Å²) in [6, 6.07) is 8.56. The van der Waals surface area contributed by atoms with E-state index in [2.05, 4.69) is 34.4 Å². The number of rotatable bonds is 6. The second-order valence-electron chi connectivity index (χ2n) is 8.27. The highest BCUT2D eigenvalue weighted by molar-refractivity contribution is 5.82. The van der Waals surface area contributed by atoms with Crippen molar-refractivity contribution < 1.29 is 19.0 Å². The van der Waals surface area contributed by atoms with Crippen molar-refractivity contribution in [3.05, 3.63) is 60.6 Å². The van der Waals surface area contributed by atoms with Gasteiger partial charge in [-0.05, 0) is 41.8 Å². The lowest BCUT2D eigenvalue weighted by Crippen LogP contribution is -2.33. The van der Waals surface area contributed by atoms with Crippen LogP contribution in [0.5, 0.6) is 0 Å². The van der Waals surface area contributed by atoms with E-state index in [0.717, 1.165) is 28.1 Å². The predicted octanol–water partition coefficient (Wildman–Crippen LogP) is 4.33. The molecule has 2 aromatic heterocycles. The topological polar surface area (TPSA) is 77.2 Å². The number of halogens is 1. The zero-order chi connectivity index (χ0) is 22.0. The summed E-state index contributed by atoms with van der Waals surface area (Å²) in [6.45, 7) is 4.84. The number of hydrogen-bond donors (Lipinski definition) is 1. The van der Waals surface area contributed by atoms with Gasteiger partial charge in [0.25, 0.3) is 0 Å². The number of carbonyl (C=O) groups excluding carboxylic acids is 1. The Bertz CT molecular complexity index is 1050. The van der Waals surface area contributed by atoms with Crippen molar-refractivity contribution in [2.75, 3.05) is 0 Å². The van der Waals surface area contributed by atoms with Gasteiger partial charge in [0.2, 0.25) is 0 Å². The monoisotopic (exact) mass is 423 g/mol. The molecule has 3 aromatic rings. The first-order chi connectivity index (χ1) is 14.9. The number of ether oxygens (including phenoxy) is 1. The van der Waals surface area contributed by atoms with Crippen molar-refractivity contribution in [1.82, 2.24) is 14.5 Å². The maximum atomic E-state index is 13.6. The van der Waals surface area contributed by atoms with Gasteiger partial charge >= 0.3 is 5.97 Å². The number of aliphatic hydroxyl groups is 1. The van der Waals surface area contributed by atoms with E-state index in [1.807, 2.05) is 0 Å². The number of aromatic nitrogens is 3. The van der Waals surface area contributed by atoms with E-state index in [9.17, 15) is 14.3 Å². The highest BCUT2D eigenvalue weighted by Crippen LogP contribution is 2.38. The van der Waals surface area contributed by atoms with Crippen LogP contribution in [0.3, 0.4) is 0 Å². The Hall–Kier alpha value is -3.06. The van der Waals surface area contributed by atoms with Crippen LogP contribution in [0.25, 0.3) is 22.4 Å². The van der Waals surface area contributed by atoms with Gasteiger partial charge in [0, 0.05) is 48.6 Å². The first-order valence-electron chi connectivity index (χ1n) is 10.5.